The van der Waals surface area contributed by atoms with E-state index in [1.807, 2.05) is 13.8 Å². The summed E-state index contributed by atoms with van der Waals surface area (Å²) in [6.45, 7) is 4.59. The first kappa shape index (κ1) is 15.1. The van der Waals surface area contributed by atoms with Crippen LogP contribution in [0.3, 0.4) is 0 Å². The molecule has 3 nitrogen and oxygen atoms in total. The van der Waals surface area contributed by atoms with Crippen molar-refractivity contribution in [1.29, 1.82) is 0 Å². The molecule has 0 radical (unpaired) electrons. The highest BCUT2D eigenvalue weighted by molar-refractivity contribution is 5.26. The molecule has 2 heterocycles. The van der Waals surface area contributed by atoms with Crippen molar-refractivity contribution in [2.24, 2.45) is 11.8 Å². The normalized spacial score (nSPS) is 23.6. The van der Waals surface area contributed by atoms with E-state index in [0.717, 1.165) is 11.4 Å². The van der Waals surface area contributed by atoms with E-state index in [1.165, 1.54) is 0 Å². The first-order valence-corrected chi connectivity index (χ1v) is 6.70. The molecule has 0 bridgehead atoms. The lowest BCUT2D eigenvalue weighted by atomic mass is 9.90. The zero-order valence-electron chi connectivity index (χ0n) is 11.6. The Morgan fingerprint density at radius 1 is 1.25 bits per heavy atom. The molecule has 0 aromatic carbocycles. The molecule has 2 unspecified atom stereocenters. The van der Waals surface area contributed by atoms with Crippen molar-refractivity contribution in [2.45, 2.75) is 26.4 Å². The number of ether oxygens (including phenoxy) is 1. The third kappa shape index (κ3) is 4.10. The Morgan fingerprint density at radius 3 is 2.50 bits per heavy atom. The van der Waals surface area contributed by atoms with Crippen LogP contribution in [0.2, 0.25) is 0 Å². The average Bonchev–Trinajstić information content (AvgIpc) is 2.35. The summed E-state index contributed by atoms with van der Waals surface area (Å²) in [7, 11) is 0. The van der Waals surface area contributed by atoms with Crippen LogP contribution in [0.15, 0.2) is 12.1 Å². The van der Waals surface area contributed by atoms with E-state index in [2.05, 4.69) is 10.3 Å². The Morgan fingerprint density at radius 2 is 1.90 bits per heavy atom. The van der Waals surface area contributed by atoms with Gasteiger partial charge in [-0.3, -0.25) is 4.98 Å². The van der Waals surface area contributed by atoms with E-state index in [0.29, 0.717) is 18.9 Å². The molecule has 1 aromatic heterocycles. The van der Waals surface area contributed by atoms with Crippen molar-refractivity contribution in [3.05, 3.63) is 23.5 Å². The Labute approximate surface area is 116 Å². The van der Waals surface area contributed by atoms with Crippen LogP contribution in [0.4, 0.5) is 13.2 Å². The lowest BCUT2D eigenvalue weighted by molar-refractivity contribution is -0.182. The summed E-state index contributed by atoms with van der Waals surface area (Å²) in [4.78, 5) is 4.23. The number of halogens is 3. The minimum atomic E-state index is -4.13. The first-order valence-electron chi connectivity index (χ1n) is 6.70. The highest BCUT2D eigenvalue weighted by Crippen LogP contribution is 2.33. The van der Waals surface area contributed by atoms with E-state index >= 15 is 0 Å². The summed E-state index contributed by atoms with van der Waals surface area (Å²) < 4.78 is 43.7. The minimum Gasteiger partial charge on any atom is -0.493 e. The molecular weight excluding hydrogens is 269 g/mol. The first-order chi connectivity index (χ1) is 9.34. The number of piperidine rings is 1. The van der Waals surface area contributed by atoms with Gasteiger partial charge in [0.1, 0.15) is 5.75 Å². The number of aromatic nitrogens is 1. The monoisotopic (exact) mass is 288 g/mol. The fourth-order valence-electron chi connectivity index (χ4n) is 2.50. The predicted octanol–water partition coefficient (Wildman–Crippen LogP) is 2.87. The van der Waals surface area contributed by atoms with Crippen LogP contribution in [-0.2, 0) is 0 Å². The van der Waals surface area contributed by atoms with E-state index < -0.39 is 12.1 Å². The molecule has 2 atom stereocenters. The van der Waals surface area contributed by atoms with Crippen LogP contribution >= 0.6 is 0 Å². The maximum atomic E-state index is 12.7. The number of nitrogens with zero attached hydrogens (tertiary/aromatic N) is 1. The largest absolute Gasteiger partial charge is 0.493 e. The Balaban J connectivity index is 1.90. The number of aryl methyl sites for hydroxylation is 2. The topological polar surface area (TPSA) is 34.1 Å². The van der Waals surface area contributed by atoms with Gasteiger partial charge in [-0.2, -0.15) is 13.2 Å². The highest BCUT2D eigenvalue weighted by Gasteiger charge is 2.42. The molecule has 20 heavy (non-hydrogen) atoms. The second-order valence-electron chi connectivity index (χ2n) is 5.40. The number of hydrogen-bond donors (Lipinski definition) is 1. The van der Waals surface area contributed by atoms with Gasteiger partial charge in [0.05, 0.1) is 12.5 Å². The van der Waals surface area contributed by atoms with Crippen LogP contribution < -0.4 is 10.1 Å². The highest BCUT2D eigenvalue weighted by atomic mass is 19.4. The molecule has 1 fully saturated rings. The van der Waals surface area contributed by atoms with Gasteiger partial charge < -0.3 is 10.1 Å². The molecule has 0 aliphatic carbocycles. The third-order valence-electron chi connectivity index (χ3n) is 3.45. The molecule has 1 aliphatic rings. The molecule has 1 saturated heterocycles. The lowest BCUT2D eigenvalue weighted by Gasteiger charge is -2.31. The maximum absolute atomic E-state index is 12.7. The zero-order chi connectivity index (χ0) is 14.8. The van der Waals surface area contributed by atoms with Gasteiger partial charge >= 0.3 is 6.18 Å². The van der Waals surface area contributed by atoms with E-state index in [-0.39, 0.29) is 18.9 Å². The van der Waals surface area contributed by atoms with Gasteiger partial charge in [-0.05, 0) is 20.3 Å². The number of nitrogens with one attached hydrogen (secondary N) is 1. The van der Waals surface area contributed by atoms with Gasteiger partial charge in [-0.1, -0.05) is 0 Å². The van der Waals surface area contributed by atoms with E-state index in [9.17, 15) is 13.2 Å². The molecule has 0 amide bonds. The van der Waals surface area contributed by atoms with Crippen LogP contribution in [-0.4, -0.2) is 30.9 Å². The molecule has 1 N–H and O–H groups in total. The van der Waals surface area contributed by atoms with Crippen LogP contribution in [0.5, 0.6) is 5.75 Å². The van der Waals surface area contributed by atoms with Crippen molar-refractivity contribution in [3.63, 3.8) is 0 Å². The van der Waals surface area contributed by atoms with Crippen molar-refractivity contribution in [3.8, 4) is 5.75 Å². The molecular formula is C14H19F3N2O. The fraction of sp³-hybridized carbons (Fsp3) is 0.643. The van der Waals surface area contributed by atoms with Crippen molar-refractivity contribution < 1.29 is 17.9 Å². The van der Waals surface area contributed by atoms with Crippen LogP contribution in [0.1, 0.15) is 17.8 Å². The molecule has 1 aromatic rings. The van der Waals surface area contributed by atoms with Gasteiger partial charge in [-0.15, -0.1) is 0 Å². The second-order valence-corrected chi connectivity index (χ2v) is 5.40. The molecule has 6 heteroatoms. The van der Waals surface area contributed by atoms with E-state index in [1.54, 1.807) is 12.1 Å². The smallest absolute Gasteiger partial charge is 0.393 e. The standard InChI is InChI=1S/C14H19F3N2O/c1-9-3-13(4-10(2)19-9)20-8-11-5-12(7-18-6-11)14(15,16)17/h3-4,11-12,18H,5-8H2,1-2H3. The summed E-state index contributed by atoms with van der Waals surface area (Å²) in [5.74, 6) is -0.723. The van der Waals surface area contributed by atoms with Gasteiger partial charge in [0.2, 0.25) is 0 Å². The Kier molecular flexibility index (Phi) is 4.52. The van der Waals surface area contributed by atoms with Crippen molar-refractivity contribution in [1.82, 2.24) is 10.3 Å². The summed E-state index contributed by atoms with van der Waals surface area (Å²) in [6.07, 6.45) is -4.00. The summed E-state index contributed by atoms with van der Waals surface area (Å²) in [5.41, 5.74) is 1.69. The summed E-state index contributed by atoms with van der Waals surface area (Å²) in [5, 5.41) is 2.84. The number of pyridine rings is 1. The van der Waals surface area contributed by atoms with Gasteiger partial charge in [0.15, 0.2) is 0 Å². The predicted molar refractivity (Wildman–Crippen MR) is 69.7 cm³/mol. The summed E-state index contributed by atoms with van der Waals surface area (Å²) in [6, 6.07) is 3.59. The second kappa shape index (κ2) is 5.99. The summed E-state index contributed by atoms with van der Waals surface area (Å²) >= 11 is 0. The quantitative estimate of drug-likeness (QED) is 0.928. The van der Waals surface area contributed by atoms with Crippen molar-refractivity contribution in [2.75, 3.05) is 19.7 Å². The van der Waals surface area contributed by atoms with Gasteiger partial charge in [-0.25, -0.2) is 0 Å². The molecule has 2 rings (SSSR count). The maximum Gasteiger partial charge on any atom is 0.393 e. The average molecular weight is 288 g/mol. The Bertz CT molecular complexity index is 442. The molecule has 1 aliphatic heterocycles. The van der Waals surface area contributed by atoms with Crippen molar-refractivity contribution >= 4 is 0 Å². The number of alkyl halides is 3. The SMILES string of the molecule is Cc1cc(OCC2CNCC(C(F)(F)F)C2)cc(C)n1. The number of hydrogen-bond acceptors (Lipinski definition) is 3. The minimum absolute atomic E-state index is 0.00741. The molecule has 0 spiro atoms. The van der Waals surface area contributed by atoms with Crippen LogP contribution in [0.25, 0.3) is 0 Å². The van der Waals surface area contributed by atoms with Gasteiger partial charge in [0, 0.05) is 42.5 Å². The van der Waals surface area contributed by atoms with Crippen LogP contribution in [0, 0.1) is 25.7 Å². The zero-order valence-corrected chi connectivity index (χ0v) is 11.6. The number of rotatable bonds is 3. The molecule has 112 valence electrons. The molecule has 0 saturated carbocycles. The third-order valence-corrected chi connectivity index (χ3v) is 3.45. The lowest BCUT2D eigenvalue weighted by Crippen LogP contribution is -2.44. The fourth-order valence-corrected chi connectivity index (χ4v) is 2.50. The van der Waals surface area contributed by atoms with Gasteiger partial charge in [0.25, 0.3) is 0 Å². The Hall–Kier alpha value is -1.30. The van der Waals surface area contributed by atoms with E-state index in [4.69, 9.17) is 4.74 Å².